The first kappa shape index (κ1) is 19.1. The summed E-state index contributed by atoms with van der Waals surface area (Å²) in [7, 11) is 1.60. The molecule has 0 spiro atoms. The second-order valence-electron chi connectivity index (χ2n) is 7.39. The predicted octanol–water partition coefficient (Wildman–Crippen LogP) is 3.46. The van der Waals surface area contributed by atoms with Crippen LogP contribution in [-0.2, 0) is 6.42 Å². The van der Waals surface area contributed by atoms with Crippen molar-refractivity contribution in [3.63, 3.8) is 0 Å². The highest BCUT2D eigenvalue weighted by molar-refractivity contribution is 5.94. The maximum atomic E-state index is 12.9. The lowest BCUT2D eigenvalue weighted by molar-refractivity contribution is 0.0786. The Morgan fingerprint density at radius 3 is 2.86 bits per heavy atom. The zero-order valence-electron chi connectivity index (χ0n) is 16.9. The van der Waals surface area contributed by atoms with E-state index in [0.717, 1.165) is 47.8 Å². The number of aromatic nitrogens is 3. The van der Waals surface area contributed by atoms with Gasteiger partial charge in [-0.05, 0) is 50.8 Å². The number of carbonyl (C=O) groups is 1. The highest BCUT2D eigenvalue weighted by Gasteiger charge is 2.29. The summed E-state index contributed by atoms with van der Waals surface area (Å²) in [6, 6.07) is 7.30. The number of rotatable bonds is 5. The monoisotopic (exact) mass is 392 g/mol. The van der Waals surface area contributed by atoms with Gasteiger partial charge in [-0.15, -0.1) is 0 Å². The van der Waals surface area contributed by atoms with Crippen LogP contribution in [0.3, 0.4) is 0 Å². The Morgan fingerprint density at radius 1 is 1.28 bits per heavy atom. The molecule has 1 fully saturated rings. The average molecular weight is 392 g/mol. The van der Waals surface area contributed by atoms with E-state index >= 15 is 0 Å². The van der Waals surface area contributed by atoms with Crippen molar-refractivity contribution in [2.75, 3.05) is 20.2 Å². The predicted molar refractivity (Wildman–Crippen MR) is 108 cm³/mol. The van der Waals surface area contributed by atoms with Crippen LogP contribution in [0.25, 0.3) is 11.3 Å². The van der Waals surface area contributed by atoms with Gasteiger partial charge in [0.2, 0.25) is 0 Å². The molecule has 3 aromatic rings. The molecule has 4 rings (SSSR count). The van der Waals surface area contributed by atoms with Gasteiger partial charge in [0, 0.05) is 31.0 Å². The van der Waals surface area contributed by atoms with E-state index in [1.807, 2.05) is 36.9 Å². The highest BCUT2D eigenvalue weighted by atomic mass is 16.5. The lowest BCUT2D eigenvalue weighted by Gasteiger charge is -2.17. The van der Waals surface area contributed by atoms with Gasteiger partial charge < -0.3 is 14.2 Å². The molecular formula is C22H24N4O3. The van der Waals surface area contributed by atoms with Gasteiger partial charge in [0.25, 0.3) is 5.91 Å². The average Bonchev–Trinajstić information content (AvgIpc) is 3.34. The molecule has 2 aromatic heterocycles. The maximum Gasteiger partial charge on any atom is 0.253 e. The van der Waals surface area contributed by atoms with Crippen molar-refractivity contribution in [3.05, 3.63) is 59.4 Å². The van der Waals surface area contributed by atoms with Crippen LogP contribution in [0.5, 0.6) is 5.75 Å². The van der Waals surface area contributed by atoms with E-state index in [2.05, 4.69) is 15.1 Å². The van der Waals surface area contributed by atoms with Gasteiger partial charge in [-0.3, -0.25) is 14.8 Å². The molecule has 1 aliphatic heterocycles. The van der Waals surface area contributed by atoms with Crippen molar-refractivity contribution in [1.29, 1.82) is 0 Å². The van der Waals surface area contributed by atoms with E-state index in [4.69, 9.17) is 9.26 Å². The van der Waals surface area contributed by atoms with Crippen LogP contribution in [-0.4, -0.2) is 46.1 Å². The van der Waals surface area contributed by atoms with E-state index in [-0.39, 0.29) is 5.91 Å². The Morgan fingerprint density at radius 2 is 2.10 bits per heavy atom. The number of benzene rings is 1. The summed E-state index contributed by atoms with van der Waals surface area (Å²) in [6.07, 6.45) is 5.10. The van der Waals surface area contributed by atoms with Gasteiger partial charge in [-0.2, -0.15) is 0 Å². The first-order chi connectivity index (χ1) is 14.1. The van der Waals surface area contributed by atoms with Crippen LogP contribution in [0.4, 0.5) is 0 Å². The quantitative estimate of drug-likeness (QED) is 0.661. The van der Waals surface area contributed by atoms with Crippen molar-refractivity contribution in [2.24, 2.45) is 5.92 Å². The molecule has 0 saturated carbocycles. The van der Waals surface area contributed by atoms with Gasteiger partial charge in [0.15, 0.2) is 0 Å². The van der Waals surface area contributed by atoms with Crippen LogP contribution in [0, 0.1) is 19.8 Å². The molecule has 7 nitrogen and oxygen atoms in total. The Labute approximate surface area is 169 Å². The zero-order valence-corrected chi connectivity index (χ0v) is 16.9. The Kier molecular flexibility index (Phi) is 5.29. The smallest absolute Gasteiger partial charge is 0.253 e. The van der Waals surface area contributed by atoms with E-state index in [1.54, 1.807) is 25.6 Å². The fraction of sp³-hybridized carbons (Fsp3) is 0.364. The molecule has 0 bridgehead atoms. The summed E-state index contributed by atoms with van der Waals surface area (Å²) >= 11 is 0. The molecule has 1 unspecified atom stereocenters. The topological polar surface area (TPSA) is 81.4 Å². The van der Waals surface area contributed by atoms with Crippen molar-refractivity contribution >= 4 is 5.91 Å². The molecule has 0 aliphatic carbocycles. The maximum absolute atomic E-state index is 12.9. The van der Waals surface area contributed by atoms with Gasteiger partial charge in [0.1, 0.15) is 11.5 Å². The third-order valence-electron chi connectivity index (χ3n) is 5.42. The zero-order chi connectivity index (χ0) is 20.4. The van der Waals surface area contributed by atoms with Crippen LogP contribution >= 0.6 is 0 Å². The third kappa shape index (κ3) is 3.85. The number of likely N-dealkylation sites (tertiary alicyclic amines) is 1. The van der Waals surface area contributed by atoms with Crippen LogP contribution < -0.4 is 4.74 Å². The minimum atomic E-state index is 0.0384. The van der Waals surface area contributed by atoms with E-state index < -0.39 is 0 Å². The van der Waals surface area contributed by atoms with Crippen molar-refractivity contribution in [2.45, 2.75) is 26.7 Å². The number of amides is 1. The fourth-order valence-corrected chi connectivity index (χ4v) is 3.94. The first-order valence-corrected chi connectivity index (χ1v) is 9.73. The minimum absolute atomic E-state index is 0.0384. The molecule has 29 heavy (non-hydrogen) atoms. The number of hydrogen-bond donors (Lipinski definition) is 0. The van der Waals surface area contributed by atoms with Crippen molar-refractivity contribution in [1.82, 2.24) is 20.0 Å². The number of aryl methyl sites for hydroxylation is 2. The molecular weight excluding hydrogens is 368 g/mol. The van der Waals surface area contributed by atoms with E-state index in [9.17, 15) is 4.79 Å². The number of carbonyl (C=O) groups excluding carboxylic acids is 1. The molecule has 0 radical (unpaired) electrons. The number of methoxy groups -OCH3 is 1. The van der Waals surface area contributed by atoms with Crippen molar-refractivity contribution < 1.29 is 14.1 Å². The Hall–Kier alpha value is -3.22. The van der Waals surface area contributed by atoms with Crippen LogP contribution in [0.2, 0.25) is 0 Å². The third-order valence-corrected chi connectivity index (χ3v) is 5.42. The number of ether oxygens (including phenoxy) is 1. The van der Waals surface area contributed by atoms with Gasteiger partial charge >= 0.3 is 0 Å². The molecule has 7 heteroatoms. The molecule has 150 valence electrons. The first-order valence-electron chi connectivity index (χ1n) is 9.73. The summed E-state index contributed by atoms with van der Waals surface area (Å²) in [6.45, 7) is 5.24. The molecule has 1 atom stereocenters. The van der Waals surface area contributed by atoms with Crippen LogP contribution in [0.1, 0.15) is 33.9 Å². The van der Waals surface area contributed by atoms with Gasteiger partial charge in [-0.25, -0.2) is 0 Å². The lowest BCUT2D eigenvalue weighted by Crippen LogP contribution is -2.29. The number of hydrogen-bond acceptors (Lipinski definition) is 6. The molecule has 1 aromatic carbocycles. The normalized spacial score (nSPS) is 16.2. The van der Waals surface area contributed by atoms with Crippen LogP contribution in [0.15, 0.2) is 41.2 Å². The largest absolute Gasteiger partial charge is 0.497 e. The Bertz CT molecular complexity index is 1010. The van der Waals surface area contributed by atoms with E-state index in [0.29, 0.717) is 23.8 Å². The molecule has 3 heterocycles. The Balaban J connectivity index is 1.49. The second kappa shape index (κ2) is 8.03. The summed E-state index contributed by atoms with van der Waals surface area (Å²) in [5.74, 6) is 1.80. The van der Waals surface area contributed by atoms with Crippen molar-refractivity contribution in [3.8, 4) is 17.0 Å². The summed E-state index contributed by atoms with van der Waals surface area (Å²) < 4.78 is 10.5. The molecule has 1 aliphatic rings. The van der Waals surface area contributed by atoms with Gasteiger partial charge in [-0.1, -0.05) is 11.2 Å². The second-order valence-corrected chi connectivity index (χ2v) is 7.39. The summed E-state index contributed by atoms with van der Waals surface area (Å²) in [4.78, 5) is 23.9. The SMILES string of the molecule is COc1cccc(C(=O)N2CCC(Cc3nccnc3-c3c(C)noc3C)C2)c1. The summed E-state index contributed by atoms with van der Waals surface area (Å²) in [5.41, 5.74) is 4.12. The van der Waals surface area contributed by atoms with Gasteiger partial charge in [0.05, 0.1) is 29.8 Å². The minimum Gasteiger partial charge on any atom is -0.497 e. The highest BCUT2D eigenvalue weighted by Crippen LogP contribution is 2.30. The summed E-state index contributed by atoms with van der Waals surface area (Å²) in [5, 5.41) is 4.04. The lowest BCUT2D eigenvalue weighted by atomic mass is 9.98. The fourth-order valence-electron chi connectivity index (χ4n) is 3.94. The molecule has 1 amide bonds. The molecule has 0 N–H and O–H groups in total. The molecule has 1 saturated heterocycles. The number of nitrogens with zero attached hydrogens (tertiary/aromatic N) is 4. The standard InChI is InChI=1S/C22H24N4O3/c1-14-20(15(2)29-25-14)21-19(23-8-9-24-21)11-16-7-10-26(13-16)22(27)17-5-4-6-18(12-17)28-3/h4-6,8-9,12,16H,7,10-11,13H2,1-3H3. The van der Waals surface area contributed by atoms with E-state index in [1.165, 1.54) is 0 Å².